The Morgan fingerprint density at radius 1 is 1.12 bits per heavy atom. The molecular formula is C25H44Cl2N4O2. The van der Waals surface area contributed by atoms with Crippen LogP contribution in [0.5, 0.6) is 0 Å². The fraction of sp³-hybridized carbons (Fsp3) is 0.720. The molecule has 2 unspecified atom stereocenters. The lowest BCUT2D eigenvalue weighted by molar-refractivity contribution is -0.145. The molecule has 1 aromatic carbocycles. The van der Waals surface area contributed by atoms with Crippen molar-refractivity contribution in [3.05, 3.63) is 29.8 Å². The Labute approximate surface area is 213 Å². The Hall–Kier alpha value is -1.05. The van der Waals surface area contributed by atoms with Gasteiger partial charge in [0.05, 0.1) is 19.3 Å². The molecule has 3 rings (SSSR count). The zero-order valence-corrected chi connectivity index (χ0v) is 22.4. The Morgan fingerprint density at radius 2 is 1.73 bits per heavy atom. The van der Waals surface area contributed by atoms with Gasteiger partial charge in [-0.2, -0.15) is 0 Å². The topological polar surface area (TPSA) is 48.0 Å². The number of nitrogens with one attached hydrogen (secondary N) is 1. The van der Waals surface area contributed by atoms with Gasteiger partial charge in [-0.15, -0.1) is 24.8 Å². The number of halogens is 2. The molecule has 190 valence electrons. The molecule has 2 saturated heterocycles. The molecule has 2 heterocycles. The molecule has 33 heavy (non-hydrogen) atoms. The van der Waals surface area contributed by atoms with Crippen molar-refractivity contribution in [2.24, 2.45) is 5.92 Å². The van der Waals surface area contributed by atoms with Gasteiger partial charge >= 0.3 is 0 Å². The molecule has 0 saturated carbocycles. The first-order valence-electron chi connectivity index (χ1n) is 12.1. The van der Waals surface area contributed by atoms with E-state index in [1.807, 2.05) is 0 Å². The standard InChI is InChI=1S/C25H42N4O2.2ClH/c1-5-14-29(20(2)19-21-6-8-23(9-7-21)27(3)4)24(22-10-12-26-13-11-22)25(30)28-15-17-31-18-16-28;;/h6-9,20,22,24,26H,5,10-19H2,1-4H3;2*1H. The molecule has 0 aliphatic carbocycles. The maximum atomic E-state index is 13.8. The molecule has 0 spiro atoms. The molecule has 2 aliphatic rings. The van der Waals surface area contributed by atoms with Crippen LogP contribution in [0, 0.1) is 5.92 Å². The van der Waals surface area contributed by atoms with Crippen molar-refractivity contribution in [3.63, 3.8) is 0 Å². The second kappa shape index (κ2) is 15.0. The minimum Gasteiger partial charge on any atom is -0.378 e. The van der Waals surface area contributed by atoms with Crippen molar-refractivity contribution in [2.45, 2.75) is 51.6 Å². The predicted octanol–water partition coefficient (Wildman–Crippen LogP) is 3.47. The van der Waals surface area contributed by atoms with Crippen LogP contribution in [-0.2, 0) is 16.0 Å². The van der Waals surface area contributed by atoms with E-state index in [0.717, 1.165) is 58.4 Å². The van der Waals surface area contributed by atoms with Crippen LogP contribution in [0.4, 0.5) is 5.69 Å². The average Bonchev–Trinajstić information content (AvgIpc) is 2.80. The first-order chi connectivity index (χ1) is 15.0. The van der Waals surface area contributed by atoms with Gasteiger partial charge in [-0.1, -0.05) is 19.1 Å². The predicted molar refractivity (Wildman–Crippen MR) is 142 cm³/mol. The highest BCUT2D eigenvalue weighted by atomic mass is 35.5. The summed E-state index contributed by atoms with van der Waals surface area (Å²) in [4.78, 5) is 20.5. The van der Waals surface area contributed by atoms with E-state index in [1.165, 1.54) is 11.3 Å². The summed E-state index contributed by atoms with van der Waals surface area (Å²) in [6.45, 7) is 10.3. The number of benzene rings is 1. The number of nitrogens with zero attached hydrogens (tertiary/aromatic N) is 3. The van der Waals surface area contributed by atoms with Crippen molar-refractivity contribution < 1.29 is 9.53 Å². The van der Waals surface area contributed by atoms with Gasteiger partial charge in [0.25, 0.3) is 0 Å². The number of anilines is 1. The SMILES string of the molecule is CCCN(C(C)Cc1ccc(N(C)C)cc1)C(C(=O)N1CCOCC1)C1CCNCC1.Cl.Cl. The maximum absolute atomic E-state index is 13.8. The van der Waals surface area contributed by atoms with E-state index >= 15 is 0 Å². The van der Waals surface area contributed by atoms with Crippen molar-refractivity contribution >= 4 is 36.4 Å². The van der Waals surface area contributed by atoms with Crippen LogP contribution in [0.1, 0.15) is 38.7 Å². The lowest BCUT2D eigenvalue weighted by Gasteiger charge is -2.43. The van der Waals surface area contributed by atoms with E-state index in [4.69, 9.17) is 4.74 Å². The third-order valence-electron chi connectivity index (χ3n) is 6.80. The molecule has 1 aromatic rings. The van der Waals surface area contributed by atoms with Crippen molar-refractivity contribution in [2.75, 3.05) is 64.9 Å². The van der Waals surface area contributed by atoms with Gasteiger partial charge in [0.1, 0.15) is 0 Å². The second-order valence-electron chi connectivity index (χ2n) is 9.32. The van der Waals surface area contributed by atoms with Crippen LogP contribution in [0.25, 0.3) is 0 Å². The smallest absolute Gasteiger partial charge is 0.240 e. The summed E-state index contributed by atoms with van der Waals surface area (Å²) in [6.07, 6.45) is 4.17. The number of amides is 1. The minimum atomic E-state index is -0.0313. The van der Waals surface area contributed by atoms with Crippen molar-refractivity contribution in [3.8, 4) is 0 Å². The highest BCUT2D eigenvalue weighted by Crippen LogP contribution is 2.27. The number of carbonyl (C=O) groups is 1. The molecule has 2 atom stereocenters. The third-order valence-corrected chi connectivity index (χ3v) is 6.80. The Bertz CT molecular complexity index is 677. The third kappa shape index (κ3) is 8.29. The normalized spacial score (nSPS) is 18.8. The van der Waals surface area contributed by atoms with Crippen LogP contribution in [-0.4, -0.2) is 87.8 Å². The number of ether oxygens (including phenoxy) is 1. The molecule has 1 amide bonds. The summed E-state index contributed by atoms with van der Waals surface area (Å²) in [6, 6.07) is 9.13. The van der Waals surface area contributed by atoms with Crippen LogP contribution in [0.3, 0.4) is 0 Å². The minimum absolute atomic E-state index is 0. The summed E-state index contributed by atoms with van der Waals surface area (Å²) in [7, 11) is 4.14. The van der Waals surface area contributed by atoms with Crippen LogP contribution >= 0.6 is 24.8 Å². The fourth-order valence-electron chi connectivity index (χ4n) is 5.03. The Kier molecular flexibility index (Phi) is 13.7. The molecule has 0 radical (unpaired) electrons. The molecular weight excluding hydrogens is 459 g/mol. The van der Waals surface area contributed by atoms with Crippen LogP contribution < -0.4 is 10.2 Å². The van der Waals surface area contributed by atoms with Gasteiger partial charge in [0.2, 0.25) is 5.91 Å². The zero-order chi connectivity index (χ0) is 22.2. The van der Waals surface area contributed by atoms with Gasteiger partial charge < -0.3 is 19.9 Å². The zero-order valence-electron chi connectivity index (χ0n) is 20.8. The van der Waals surface area contributed by atoms with E-state index in [1.54, 1.807) is 0 Å². The van der Waals surface area contributed by atoms with Gasteiger partial charge in [0.15, 0.2) is 0 Å². The highest BCUT2D eigenvalue weighted by molar-refractivity contribution is 5.85. The highest BCUT2D eigenvalue weighted by Gasteiger charge is 2.38. The molecule has 1 N–H and O–H groups in total. The van der Waals surface area contributed by atoms with E-state index in [-0.39, 0.29) is 30.9 Å². The number of hydrogen-bond donors (Lipinski definition) is 1. The number of piperidine rings is 1. The van der Waals surface area contributed by atoms with E-state index in [0.29, 0.717) is 31.1 Å². The molecule has 0 aromatic heterocycles. The maximum Gasteiger partial charge on any atom is 0.240 e. The number of carbonyl (C=O) groups excluding carboxylic acids is 1. The van der Waals surface area contributed by atoms with Gasteiger partial charge in [0, 0.05) is 38.9 Å². The molecule has 6 nitrogen and oxygen atoms in total. The van der Waals surface area contributed by atoms with E-state index in [9.17, 15) is 4.79 Å². The Morgan fingerprint density at radius 3 is 2.27 bits per heavy atom. The monoisotopic (exact) mass is 502 g/mol. The summed E-state index contributed by atoms with van der Waals surface area (Å²) in [5, 5.41) is 3.48. The lowest BCUT2D eigenvalue weighted by Crippen LogP contribution is -2.58. The number of morpholine rings is 1. The molecule has 8 heteroatoms. The average molecular weight is 504 g/mol. The first kappa shape index (κ1) is 30.0. The van der Waals surface area contributed by atoms with Gasteiger partial charge in [-0.05, 0) is 75.9 Å². The molecule has 2 fully saturated rings. The van der Waals surface area contributed by atoms with Crippen molar-refractivity contribution in [1.82, 2.24) is 15.1 Å². The Balaban J connectivity index is 0.00000272. The van der Waals surface area contributed by atoms with Crippen LogP contribution in [0.2, 0.25) is 0 Å². The summed E-state index contributed by atoms with van der Waals surface area (Å²) >= 11 is 0. The lowest BCUT2D eigenvalue weighted by atomic mass is 9.86. The quantitative estimate of drug-likeness (QED) is 0.560. The first-order valence-corrected chi connectivity index (χ1v) is 12.1. The molecule has 0 bridgehead atoms. The summed E-state index contributed by atoms with van der Waals surface area (Å²) in [5.41, 5.74) is 2.55. The van der Waals surface area contributed by atoms with Crippen molar-refractivity contribution in [1.29, 1.82) is 0 Å². The molecule has 2 aliphatic heterocycles. The van der Waals surface area contributed by atoms with E-state index in [2.05, 4.69) is 72.2 Å². The second-order valence-corrected chi connectivity index (χ2v) is 9.32. The summed E-state index contributed by atoms with van der Waals surface area (Å²) < 4.78 is 5.52. The van der Waals surface area contributed by atoms with Crippen LogP contribution in [0.15, 0.2) is 24.3 Å². The summed E-state index contributed by atoms with van der Waals surface area (Å²) in [5.74, 6) is 0.736. The largest absolute Gasteiger partial charge is 0.378 e. The van der Waals surface area contributed by atoms with Gasteiger partial charge in [-0.3, -0.25) is 9.69 Å². The number of hydrogen-bond acceptors (Lipinski definition) is 5. The number of rotatable bonds is 9. The van der Waals surface area contributed by atoms with E-state index < -0.39 is 0 Å². The van der Waals surface area contributed by atoms with Gasteiger partial charge in [-0.25, -0.2) is 0 Å². The fourth-order valence-corrected chi connectivity index (χ4v) is 5.03.